The smallest absolute Gasteiger partial charge is 0.434 e. The molecule has 0 saturated heterocycles. The number of esters is 1. The molecule has 1 aromatic heterocycles. The quantitative estimate of drug-likeness (QED) is 0.349. The number of alkyl halides is 3. The summed E-state index contributed by atoms with van der Waals surface area (Å²) >= 11 is 0. The molecule has 0 radical (unpaired) electrons. The van der Waals surface area contributed by atoms with Crippen LogP contribution in [0.1, 0.15) is 54.9 Å². The van der Waals surface area contributed by atoms with E-state index >= 15 is 0 Å². The minimum Gasteiger partial charge on any atom is -0.462 e. The van der Waals surface area contributed by atoms with E-state index in [4.69, 9.17) is 10.6 Å². The van der Waals surface area contributed by atoms with Crippen LogP contribution in [0.15, 0.2) is 35.6 Å². The summed E-state index contributed by atoms with van der Waals surface area (Å²) in [4.78, 5) is 23.3. The van der Waals surface area contributed by atoms with Gasteiger partial charge in [-0.1, -0.05) is 50.2 Å². The fourth-order valence-electron chi connectivity index (χ4n) is 2.27. The number of nitrogens with two attached hydrogens (primary N) is 1. The number of benzene rings is 1. The summed E-state index contributed by atoms with van der Waals surface area (Å²) < 4.78 is 44.2. The molecule has 0 aliphatic rings. The third-order valence-electron chi connectivity index (χ3n) is 3.80. The van der Waals surface area contributed by atoms with Gasteiger partial charge in [-0.2, -0.15) is 18.2 Å². The van der Waals surface area contributed by atoms with Crippen molar-refractivity contribution < 1.29 is 27.5 Å². The van der Waals surface area contributed by atoms with Gasteiger partial charge in [-0.3, -0.25) is 0 Å². The molecule has 0 amide bonds. The zero-order valence-electron chi connectivity index (χ0n) is 16.4. The van der Waals surface area contributed by atoms with Gasteiger partial charge in [-0.25, -0.2) is 9.78 Å². The Balaban J connectivity index is 2.26. The van der Waals surface area contributed by atoms with Gasteiger partial charge in [0, 0.05) is 11.8 Å². The average molecular weight is 410 g/mol. The first-order valence-corrected chi connectivity index (χ1v) is 8.66. The standard InChI is InChI=1S/C19H21F3N4O3/c1-5-28-16(27)13-10-24-17(25-14(13)19(20,21)22)29-26-15(23)11-6-8-12(9-7-11)18(2,3)4/h6-10H,5H2,1-4H3,(H2,23,26). The number of hydrogen-bond donors (Lipinski definition) is 1. The third-order valence-corrected chi connectivity index (χ3v) is 3.80. The van der Waals surface area contributed by atoms with Crippen molar-refractivity contribution in [2.45, 2.75) is 39.3 Å². The van der Waals surface area contributed by atoms with Gasteiger partial charge in [0.25, 0.3) is 0 Å². The highest BCUT2D eigenvalue weighted by atomic mass is 19.4. The van der Waals surface area contributed by atoms with E-state index in [9.17, 15) is 18.0 Å². The summed E-state index contributed by atoms with van der Waals surface area (Å²) in [6.07, 6.45) is -4.24. The van der Waals surface area contributed by atoms with Crippen molar-refractivity contribution >= 4 is 11.8 Å². The lowest BCUT2D eigenvalue weighted by atomic mass is 9.87. The zero-order chi connectivity index (χ0) is 21.8. The Labute approximate surface area is 165 Å². The highest BCUT2D eigenvalue weighted by Gasteiger charge is 2.39. The van der Waals surface area contributed by atoms with E-state index < -0.39 is 29.4 Å². The van der Waals surface area contributed by atoms with Gasteiger partial charge < -0.3 is 15.3 Å². The number of carbonyl (C=O) groups is 1. The molecule has 0 fully saturated rings. The van der Waals surface area contributed by atoms with Gasteiger partial charge in [-0.05, 0) is 17.9 Å². The Morgan fingerprint density at radius 1 is 1.17 bits per heavy atom. The van der Waals surface area contributed by atoms with Gasteiger partial charge in [-0.15, -0.1) is 0 Å². The molecule has 2 N–H and O–H groups in total. The molecule has 29 heavy (non-hydrogen) atoms. The van der Waals surface area contributed by atoms with E-state index in [0.29, 0.717) is 11.8 Å². The van der Waals surface area contributed by atoms with E-state index in [1.165, 1.54) is 6.92 Å². The number of aromatic nitrogens is 2. The van der Waals surface area contributed by atoms with E-state index in [0.717, 1.165) is 5.56 Å². The lowest BCUT2D eigenvalue weighted by molar-refractivity contribution is -0.142. The van der Waals surface area contributed by atoms with Crippen LogP contribution < -0.4 is 10.6 Å². The van der Waals surface area contributed by atoms with E-state index in [1.54, 1.807) is 12.1 Å². The van der Waals surface area contributed by atoms with Gasteiger partial charge in [0.05, 0.1) is 6.61 Å². The third kappa shape index (κ3) is 5.66. The maximum atomic E-state index is 13.2. The lowest BCUT2D eigenvalue weighted by Gasteiger charge is -2.18. The van der Waals surface area contributed by atoms with Crippen molar-refractivity contribution in [3.63, 3.8) is 0 Å². The molecule has 156 valence electrons. The average Bonchev–Trinajstić information content (AvgIpc) is 2.64. The SMILES string of the molecule is CCOC(=O)c1cnc(O/N=C(/N)c2ccc(C(C)(C)C)cc2)nc1C(F)(F)F. The number of amidine groups is 1. The molecule has 2 aromatic rings. The Bertz CT molecular complexity index is 904. The molecule has 7 nitrogen and oxygen atoms in total. The van der Waals surface area contributed by atoms with Crippen LogP contribution in [0.3, 0.4) is 0 Å². The lowest BCUT2D eigenvalue weighted by Crippen LogP contribution is -2.19. The van der Waals surface area contributed by atoms with E-state index in [-0.39, 0.29) is 17.9 Å². The van der Waals surface area contributed by atoms with Crippen LogP contribution in [0, 0.1) is 0 Å². The second-order valence-electron chi connectivity index (χ2n) is 7.03. The highest BCUT2D eigenvalue weighted by Crippen LogP contribution is 2.31. The predicted octanol–water partition coefficient (Wildman–Crippen LogP) is 3.67. The molecule has 0 atom stereocenters. The second-order valence-corrected chi connectivity index (χ2v) is 7.03. The predicted molar refractivity (Wildman–Crippen MR) is 99.5 cm³/mol. The molecule has 10 heteroatoms. The topological polar surface area (TPSA) is 99.7 Å². The van der Waals surface area contributed by atoms with Crippen LogP contribution >= 0.6 is 0 Å². The normalized spacial score (nSPS) is 12.6. The van der Waals surface area contributed by atoms with Gasteiger partial charge in [0.15, 0.2) is 11.5 Å². The first-order valence-electron chi connectivity index (χ1n) is 8.66. The Kier molecular flexibility index (Phi) is 6.45. The van der Waals surface area contributed by atoms with Crippen LogP contribution in [0.2, 0.25) is 0 Å². The number of halogens is 3. The monoisotopic (exact) mass is 410 g/mol. The summed E-state index contributed by atoms with van der Waals surface area (Å²) in [6.45, 7) is 7.53. The number of nitrogens with zero attached hydrogens (tertiary/aromatic N) is 3. The van der Waals surface area contributed by atoms with Crippen LogP contribution in [-0.2, 0) is 16.3 Å². The minimum atomic E-state index is -4.92. The summed E-state index contributed by atoms with van der Waals surface area (Å²) in [5.74, 6) is -1.26. The zero-order valence-corrected chi connectivity index (χ0v) is 16.4. The van der Waals surface area contributed by atoms with Gasteiger partial charge in [0.2, 0.25) is 0 Å². The molecule has 0 aliphatic carbocycles. The largest absolute Gasteiger partial charge is 0.462 e. The molecule has 0 unspecified atom stereocenters. The molecule has 0 bridgehead atoms. The summed E-state index contributed by atoms with van der Waals surface area (Å²) in [5.41, 5.74) is 5.05. The molecule has 0 aliphatic heterocycles. The number of rotatable bonds is 5. The Morgan fingerprint density at radius 2 is 1.79 bits per heavy atom. The molecule has 0 saturated carbocycles. The Morgan fingerprint density at radius 3 is 2.31 bits per heavy atom. The molecule has 1 aromatic carbocycles. The van der Waals surface area contributed by atoms with Crippen molar-refractivity contribution in [3.05, 3.63) is 52.8 Å². The molecule has 0 spiro atoms. The van der Waals surface area contributed by atoms with Crippen molar-refractivity contribution in [1.29, 1.82) is 0 Å². The van der Waals surface area contributed by atoms with Crippen LogP contribution in [0.5, 0.6) is 6.01 Å². The number of ether oxygens (including phenoxy) is 1. The molecule has 2 rings (SSSR count). The van der Waals surface area contributed by atoms with Crippen molar-refractivity contribution in [1.82, 2.24) is 9.97 Å². The van der Waals surface area contributed by atoms with Crippen LogP contribution in [0.25, 0.3) is 0 Å². The van der Waals surface area contributed by atoms with Crippen molar-refractivity contribution in [3.8, 4) is 6.01 Å². The fourth-order valence-corrected chi connectivity index (χ4v) is 2.27. The number of oxime groups is 1. The maximum absolute atomic E-state index is 13.2. The maximum Gasteiger partial charge on any atom is 0.434 e. The van der Waals surface area contributed by atoms with Crippen LogP contribution in [-0.4, -0.2) is 28.4 Å². The van der Waals surface area contributed by atoms with Crippen LogP contribution in [0.4, 0.5) is 13.2 Å². The summed E-state index contributed by atoms with van der Waals surface area (Å²) in [6, 6.07) is 6.46. The minimum absolute atomic E-state index is 0.0521. The first-order chi connectivity index (χ1) is 13.4. The van der Waals surface area contributed by atoms with Crippen molar-refractivity contribution in [2.75, 3.05) is 6.61 Å². The van der Waals surface area contributed by atoms with E-state index in [1.807, 2.05) is 12.1 Å². The molecular formula is C19H21F3N4O3. The van der Waals surface area contributed by atoms with Gasteiger partial charge >= 0.3 is 18.2 Å². The number of hydrogen-bond acceptors (Lipinski definition) is 6. The summed E-state index contributed by atoms with van der Waals surface area (Å²) in [7, 11) is 0. The van der Waals surface area contributed by atoms with Gasteiger partial charge in [0.1, 0.15) is 5.56 Å². The molecular weight excluding hydrogens is 389 g/mol. The highest BCUT2D eigenvalue weighted by molar-refractivity contribution is 5.97. The second kappa shape index (κ2) is 8.46. The summed E-state index contributed by atoms with van der Waals surface area (Å²) in [5, 5.41) is 3.58. The fraction of sp³-hybridized carbons (Fsp3) is 0.368. The first kappa shape index (κ1) is 22.1. The van der Waals surface area contributed by atoms with E-state index in [2.05, 4.69) is 40.6 Å². The molecule has 1 heterocycles. The number of carbonyl (C=O) groups excluding carboxylic acids is 1. The van der Waals surface area contributed by atoms with Crippen molar-refractivity contribution in [2.24, 2.45) is 10.9 Å². The Hall–Kier alpha value is -3.17.